The van der Waals surface area contributed by atoms with Gasteiger partial charge in [0.2, 0.25) is 20.0 Å². The maximum atomic E-state index is 13.9. The molecule has 2 amide bonds. The zero-order chi connectivity index (χ0) is 44.2. The van der Waals surface area contributed by atoms with Crippen LogP contribution in [0.2, 0.25) is 0 Å². The van der Waals surface area contributed by atoms with Crippen LogP contribution in [0.5, 0.6) is 11.5 Å². The number of carbonyl (C=O) groups excluding carboxylic acids is 2. The number of aryl methyl sites for hydroxylation is 2. The lowest BCUT2D eigenvalue weighted by Crippen LogP contribution is -2.51. The van der Waals surface area contributed by atoms with Crippen molar-refractivity contribution in [1.29, 1.82) is 0 Å². The van der Waals surface area contributed by atoms with Crippen molar-refractivity contribution >= 4 is 63.7 Å². The maximum absolute atomic E-state index is 13.9. The van der Waals surface area contributed by atoms with E-state index < -0.39 is 82.9 Å². The fraction of sp³-hybridized carbons (Fsp3) is 0.350. The van der Waals surface area contributed by atoms with Gasteiger partial charge in [0, 0.05) is 18.6 Å². The van der Waals surface area contributed by atoms with Gasteiger partial charge in [-0.3, -0.25) is 9.59 Å². The topological polar surface area (TPSA) is 239 Å². The van der Waals surface area contributed by atoms with E-state index in [1.54, 1.807) is 24.3 Å². The fourth-order valence-corrected chi connectivity index (χ4v) is 15.0. The minimum absolute atomic E-state index is 0.0440. The zero-order valence-electron chi connectivity index (χ0n) is 33.1. The van der Waals surface area contributed by atoms with Crippen LogP contribution in [0, 0.1) is 0 Å². The van der Waals surface area contributed by atoms with Gasteiger partial charge in [-0.2, -0.15) is 21.1 Å². The molecule has 0 saturated carbocycles. The average molecular weight is 929 g/mol. The van der Waals surface area contributed by atoms with Crippen molar-refractivity contribution < 1.29 is 53.5 Å². The molecule has 4 aromatic carbocycles. The molecule has 330 valence electrons. The first kappa shape index (κ1) is 43.4. The molecule has 62 heavy (non-hydrogen) atoms. The summed E-state index contributed by atoms with van der Waals surface area (Å²) in [7, 11) is -17.4. The van der Waals surface area contributed by atoms with E-state index in [2.05, 4.69) is 4.72 Å². The predicted molar refractivity (Wildman–Crippen MR) is 228 cm³/mol. The van der Waals surface area contributed by atoms with Crippen molar-refractivity contribution in [3.63, 3.8) is 0 Å². The number of sulfonamides is 2. The van der Waals surface area contributed by atoms with E-state index in [1.165, 1.54) is 40.7 Å². The molecular weight excluding hydrogens is 885 g/mol. The second-order valence-electron chi connectivity index (χ2n) is 15.7. The van der Waals surface area contributed by atoms with Gasteiger partial charge in [-0.25, -0.2) is 30.2 Å². The van der Waals surface area contributed by atoms with E-state index in [4.69, 9.17) is 0 Å². The smallest absolute Gasteiger partial charge is 0.348 e. The largest absolute Gasteiger partial charge is 0.506 e. The molecule has 22 heteroatoms. The number of hydrogen-bond donors (Lipinski definition) is 3. The lowest BCUT2D eigenvalue weighted by Gasteiger charge is -2.36. The lowest BCUT2D eigenvalue weighted by atomic mass is 9.92. The average Bonchev–Trinajstić information content (AvgIpc) is 3.58. The van der Waals surface area contributed by atoms with Gasteiger partial charge in [-0.05, 0) is 97.0 Å². The number of amides is 2. The summed E-state index contributed by atoms with van der Waals surface area (Å²) in [6, 6.07) is 23.8. The number of nitrogens with one attached hydrogen (secondary N) is 1. The maximum Gasteiger partial charge on any atom is 0.348 e. The molecule has 0 spiro atoms. The van der Waals surface area contributed by atoms with E-state index in [-0.39, 0.29) is 50.7 Å². The molecule has 3 fully saturated rings. The zero-order valence-corrected chi connectivity index (χ0v) is 36.4. The molecule has 3 saturated heterocycles. The number of phenolic OH excluding ortho intramolecular Hbond substituents is 2. The molecule has 0 radical (unpaired) electrons. The van der Waals surface area contributed by atoms with E-state index in [1.807, 2.05) is 30.3 Å². The third-order valence-corrected chi connectivity index (χ3v) is 18.3. The Balaban J connectivity index is 0.965. The van der Waals surface area contributed by atoms with Crippen molar-refractivity contribution in [2.75, 3.05) is 27.5 Å². The summed E-state index contributed by atoms with van der Waals surface area (Å²) in [4.78, 5) is 26.7. The van der Waals surface area contributed by atoms with Gasteiger partial charge in [-0.15, -0.1) is 8.83 Å². The summed E-state index contributed by atoms with van der Waals surface area (Å²) in [5.74, 6) is -3.87. The van der Waals surface area contributed by atoms with Crippen molar-refractivity contribution in [1.82, 2.24) is 17.9 Å². The summed E-state index contributed by atoms with van der Waals surface area (Å²) in [5.41, 5.74) is 2.93. The minimum Gasteiger partial charge on any atom is -0.506 e. The molecule has 2 unspecified atom stereocenters. The number of hydrogen-bond acceptors (Lipinski definition) is 12. The van der Waals surface area contributed by atoms with Gasteiger partial charge in [0.15, 0.2) is 0 Å². The molecule has 4 heterocycles. The Hall–Kier alpha value is -5.26. The standard InChI is InChI=1S/C40H44N6O12S4/c47-37-21-28(12-16-33-11-6-20-59(51,52)41-33)14-18-35(37)43-25-39(49)45(61(43,55)56)46-40(50)26-44(62(46,57)58)36-19-15-29(22-38(36)48)13-17-34-23-31-9-4-5-10-32(31)24-42(34)60(53,54)27-30-7-2-1-3-8-30/h1-5,7-10,14-15,18-19,21-22,33-34,41,47-48H,6,11-13,16-17,20,23-27H2. The number of nitrogens with zero attached hydrogens (tertiary/aromatic N) is 5. The Labute approximate surface area is 360 Å². The molecule has 4 aromatic rings. The van der Waals surface area contributed by atoms with Gasteiger partial charge in [0.05, 0.1) is 22.9 Å². The molecule has 0 aromatic heterocycles. The van der Waals surface area contributed by atoms with Crippen LogP contribution < -0.4 is 13.3 Å². The quantitative estimate of drug-likeness (QED) is 0.186. The van der Waals surface area contributed by atoms with Crippen molar-refractivity contribution in [3.05, 3.63) is 119 Å². The summed E-state index contributed by atoms with van der Waals surface area (Å²) >= 11 is 0. The first-order valence-corrected chi connectivity index (χ1v) is 25.9. The van der Waals surface area contributed by atoms with Crippen molar-refractivity contribution in [3.8, 4) is 11.5 Å². The molecule has 2 atom stereocenters. The third-order valence-electron chi connectivity index (χ3n) is 11.5. The fourth-order valence-electron chi connectivity index (χ4n) is 8.43. The summed E-state index contributed by atoms with van der Waals surface area (Å²) in [6.07, 6.45) is 2.96. The van der Waals surface area contributed by atoms with Crippen LogP contribution in [0.4, 0.5) is 11.4 Å². The molecule has 4 aliphatic heterocycles. The number of carbonyl (C=O) groups is 2. The highest BCUT2D eigenvalue weighted by molar-refractivity contribution is 7.94. The van der Waals surface area contributed by atoms with Crippen LogP contribution in [-0.4, -0.2) is 99.8 Å². The van der Waals surface area contributed by atoms with Gasteiger partial charge < -0.3 is 10.2 Å². The molecule has 0 aliphatic carbocycles. The normalized spacial score (nSPS) is 22.3. The van der Waals surface area contributed by atoms with E-state index >= 15 is 0 Å². The highest BCUT2D eigenvalue weighted by atomic mass is 32.2. The summed E-state index contributed by atoms with van der Waals surface area (Å²) in [6.45, 7) is -1.72. The van der Waals surface area contributed by atoms with Crippen LogP contribution in [0.25, 0.3) is 0 Å². The number of aromatic hydroxyl groups is 2. The Morgan fingerprint density at radius 2 is 1.18 bits per heavy atom. The Morgan fingerprint density at radius 3 is 1.73 bits per heavy atom. The Morgan fingerprint density at radius 1 is 0.645 bits per heavy atom. The second kappa shape index (κ2) is 16.5. The Bertz CT molecular complexity index is 2880. The molecule has 18 nitrogen and oxygen atoms in total. The highest BCUT2D eigenvalue weighted by Gasteiger charge is 2.57. The molecule has 4 aliphatic rings. The Kier molecular flexibility index (Phi) is 11.5. The van der Waals surface area contributed by atoms with Crippen molar-refractivity contribution in [2.45, 2.75) is 69.3 Å². The van der Waals surface area contributed by atoms with Crippen LogP contribution in [0.1, 0.15) is 53.5 Å². The van der Waals surface area contributed by atoms with Crippen molar-refractivity contribution in [2.24, 2.45) is 0 Å². The van der Waals surface area contributed by atoms with Gasteiger partial charge in [0.1, 0.15) is 24.6 Å². The van der Waals surface area contributed by atoms with Crippen LogP contribution >= 0.6 is 0 Å². The number of hydrazine groups is 1. The van der Waals surface area contributed by atoms with Gasteiger partial charge in [-0.1, -0.05) is 66.7 Å². The number of fused-ring (bicyclic) bond motifs is 1. The molecule has 3 N–H and O–H groups in total. The monoisotopic (exact) mass is 928 g/mol. The number of phenols is 2. The number of anilines is 2. The first-order chi connectivity index (χ1) is 29.3. The van der Waals surface area contributed by atoms with Gasteiger partial charge >= 0.3 is 20.4 Å². The van der Waals surface area contributed by atoms with Crippen LogP contribution in [-0.2, 0) is 81.6 Å². The molecular formula is C40H44N6O12S4. The molecule has 0 bridgehead atoms. The van der Waals surface area contributed by atoms with Crippen LogP contribution in [0.15, 0.2) is 91.0 Å². The predicted octanol–water partition coefficient (Wildman–Crippen LogP) is 2.40. The van der Waals surface area contributed by atoms with E-state index in [9.17, 15) is 53.5 Å². The van der Waals surface area contributed by atoms with E-state index in [0.717, 1.165) is 11.1 Å². The molecule has 8 rings (SSSR count). The lowest BCUT2D eigenvalue weighted by molar-refractivity contribution is -0.140. The summed E-state index contributed by atoms with van der Waals surface area (Å²) < 4.78 is 112. The number of benzene rings is 4. The van der Waals surface area contributed by atoms with Crippen LogP contribution in [0.3, 0.4) is 0 Å². The number of rotatable bonds is 12. The SMILES string of the molecule is O=C1CN(c2ccc(CCC3CCCS(=O)(=O)N3)cc2O)S(=O)(=O)N1N1C(=O)CN(c2ccc(CCC3Cc4ccccc4CN3S(=O)(=O)Cc3ccccc3)cc2O)S1(=O)=O. The third kappa shape index (κ3) is 8.45. The highest BCUT2D eigenvalue weighted by Crippen LogP contribution is 2.40. The summed E-state index contributed by atoms with van der Waals surface area (Å²) in [5, 5.41) is 22.0. The second-order valence-corrected chi connectivity index (χ2v) is 22.9. The first-order valence-electron chi connectivity index (χ1n) is 19.8. The van der Waals surface area contributed by atoms with E-state index in [0.29, 0.717) is 63.8 Å². The minimum atomic E-state index is -5.14. The van der Waals surface area contributed by atoms with Gasteiger partial charge in [0.25, 0.3) is 11.8 Å².